The van der Waals surface area contributed by atoms with Crippen LogP contribution < -0.4 is 5.73 Å². The third-order valence-corrected chi connectivity index (χ3v) is 4.39. The van der Waals surface area contributed by atoms with E-state index in [1.54, 1.807) is 0 Å². The molecule has 1 aromatic heterocycles. The highest BCUT2D eigenvalue weighted by atomic mass is 35.5. The lowest BCUT2D eigenvalue weighted by Gasteiger charge is -2.25. The molecule has 2 heterocycles. The maximum atomic E-state index is 5.84. The number of hydrogen-bond donors (Lipinski definition) is 1. The van der Waals surface area contributed by atoms with E-state index in [0.29, 0.717) is 5.92 Å². The van der Waals surface area contributed by atoms with E-state index < -0.39 is 0 Å². The van der Waals surface area contributed by atoms with Gasteiger partial charge in [0.2, 0.25) is 5.89 Å². The SMILES string of the molecule is CC(c1nc(C2CC2)no1)N1CCC(C)(CN)C1.Cl. The molecule has 6 heteroatoms. The van der Waals surface area contributed by atoms with Crippen molar-refractivity contribution in [1.82, 2.24) is 15.0 Å². The zero-order valence-corrected chi connectivity index (χ0v) is 12.4. The first-order valence-corrected chi connectivity index (χ1v) is 6.89. The molecule has 2 unspecified atom stereocenters. The van der Waals surface area contributed by atoms with Gasteiger partial charge in [0.15, 0.2) is 5.82 Å². The summed E-state index contributed by atoms with van der Waals surface area (Å²) in [5.41, 5.74) is 6.09. The number of halogens is 1. The number of nitrogens with zero attached hydrogens (tertiary/aromatic N) is 3. The molecule has 1 aliphatic carbocycles. The summed E-state index contributed by atoms with van der Waals surface area (Å²) in [7, 11) is 0. The molecule has 2 N–H and O–H groups in total. The molecule has 19 heavy (non-hydrogen) atoms. The van der Waals surface area contributed by atoms with E-state index in [9.17, 15) is 0 Å². The van der Waals surface area contributed by atoms with Gasteiger partial charge in [0, 0.05) is 12.5 Å². The fourth-order valence-electron chi connectivity index (χ4n) is 2.64. The number of likely N-dealkylation sites (tertiary alicyclic amines) is 1. The summed E-state index contributed by atoms with van der Waals surface area (Å²) in [5.74, 6) is 2.22. The molecule has 5 nitrogen and oxygen atoms in total. The molecule has 0 radical (unpaired) electrons. The second kappa shape index (κ2) is 5.38. The summed E-state index contributed by atoms with van der Waals surface area (Å²) >= 11 is 0. The maximum Gasteiger partial charge on any atom is 0.243 e. The Morgan fingerprint density at radius 1 is 1.53 bits per heavy atom. The van der Waals surface area contributed by atoms with E-state index in [-0.39, 0.29) is 23.9 Å². The Balaban J connectivity index is 0.00000133. The van der Waals surface area contributed by atoms with Crippen LogP contribution in [0.15, 0.2) is 4.52 Å². The van der Waals surface area contributed by atoms with Crippen molar-refractivity contribution < 1.29 is 4.52 Å². The zero-order chi connectivity index (χ0) is 12.8. The van der Waals surface area contributed by atoms with Crippen LogP contribution in [-0.4, -0.2) is 34.7 Å². The van der Waals surface area contributed by atoms with Crippen molar-refractivity contribution in [3.8, 4) is 0 Å². The fourth-order valence-corrected chi connectivity index (χ4v) is 2.64. The predicted octanol–water partition coefficient (Wildman–Crippen LogP) is 2.10. The molecule has 2 fully saturated rings. The Morgan fingerprint density at radius 2 is 2.26 bits per heavy atom. The van der Waals surface area contributed by atoms with Crippen LogP contribution in [0, 0.1) is 5.41 Å². The molecule has 1 aliphatic heterocycles. The van der Waals surface area contributed by atoms with Gasteiger partial charge in [-0.1, -0.05) is 12.1 Å². The molecule has 2 aliphatic rings. The number of hydrogen-bond acceptors (Lipinski definition) is 5. The quantitative estimate of drug-likeness (QED) is 0.918. The first-order chi connectivity index (χ1) is 8.61. The van der Waals surface area contributed by atoms with Crippen molar-refractivity contribution in [1.29, 1.82) is 0 Å². The largest absolute Gasteiger partial charge is 0.338 e. The van der Waals surface area contributed by atoms with Gasteiger partial charge in [-0.05, 0) is 44.7 Å². The minimum Gasteiger partial charge on any atom is -0.338 e. The molecule has 0 spiro atoms. The molecule has 3 rings (SSSR count). The van der Waals surface area contributed by atoms with Crippen LogP contribution in [0.2, 0.25) is 0 Å². The van der Waals surface area contributed by atoms with Gasteiger partial charge in [-0.25, -0.2) is 0 Å². The third kappa shape index (κ3) is 2.93. The predicted molar refractivity (Wildman–Crippen MR) is 75.3 cm³/mol. The number of aromatic nitrogens is 2. The van der Waals surface area contributed by atoms with Crippen molar-refractivity contribution in [3.63, 3.8) is 0 Å². The number of nitrogens with two attached hydrogens (primary N) is 1. The molecular weight excluding hydrogens is 264 g/mol. The Kier molecular flexibility index (Phi) is 4.18. The minimum atomic E-state index is 0. The molecule has 0 bridgehead atoms. The summed E-state index contributed by atoms with van der Waals surface area (Å²) < 4.78 is 5.41. The average molecular weight is 287 g/mol. The lowest BCUT2D eigenvalue weighted by Crippen LogP contribution is -2.32. The van der Waals surface area contributed by atoms with Gasteiger partial charge < -0.3 is 10.3 Å². The topological polar surface area (TPSA) is 68.2 Å². The summed E-state index contributed by atoms with van der Waals surface area (Å²) in [5, 5.41) is 4.09. The van der Waals surface area contributed by atoms with Gasteiger partial charge in [0.25, 0.3) is 0 Å². The van der Waals surface area contributed by atoms with Crippen molar-refractivity contribution in [2.24, 2.45) is 11.1 Å². The van der Waals surface area contributed by atoms with Crippen LogP contribution in [0.3, 0.4) is 0 Å². The smallest absolute Gasteiger partial charge is 0.243 e. The molecular formula is C13H23ClN4O. The fraction of sp³-hybridized carbons (Fsp3) is 0.846. The Labute approximate surface area is 120 Å². The highest BCUT2D eigenvalue weighted by Gasteiger charge is 2.37. The van der Waals surface area contributed by atoms with E-state index in [1.165, 1.54) is 12.8 Å². The van der Waals surface area contributed by atoms with Crippen molar-refractivity contribution in [2.75, 3.05) is 19.6 Å². The van der Waals surface area contributed by atoms with Crippen LogP contribution in [-0.2, 0) is 0 Å². The average Bonchev–Trinajstić information content (AvgIpc) is 2.97. The van der Waals surface area contributed by atoms with Crippen LogP contribution in [0.4, 0.5) is 0 Å². The van der Waals surface area contributed by atoms with Gasteiger partial charge in [-0.15, -0.1) is 12.4 Å². The lowest BCUT2D eigenvalue weighted by atomic mass is 9.90. The van der Waals surface area contributed by atoms with Crippen molar-refractivity contribution in [2.45, 2.75) is 45.1 Å². The normalized spacial score (nSPS) is 29.2. The third-order valence-electron chi connectivity index (χ3n) is 4.39. The zero-order valence-electron chi connectivity index (χ0n) is 11.6. The van der Waals surface area contributed by atoms with Crippen LogP contribution in [0.5, 0.6) is 0 Å². The molecule has 1 saturated carbocycles. The van der Waals surface area contributed by atoms with Crippen LogP contribution >= 0.6 is 12.4 Å². The standard InChI is InChI=1S/C13H22N4O.ClH/c1-9(17-6-5-13(2,7-14)8-17)12-15-11(16-18-12)10-3-4-10;/h9-10H,3-8,14H2,1-2H3;1H. The summed E-state index contributed by atoms with van der Waals surface area (Å²) in [6, 6.07) is 0.207. The van der Waals surface area contributed by atoms with Gasteiger partial charge in [-0.2, -0.15) is 4.98 Å². The first kappa shape index (κ1) is 14.8. The van der Waals surface area contributed by atoms with E-state index in [0.717, 1.165) is 37.8 Å². The summed E-state index contributed by atoms with van der Waals surface area (Å²) in [4.78, 5) is 6.94. The van der Waals surface area contributed by atoms with E-state index in [2.05, 4.69) is 28.9 Å². The molecule has 0 aromatic carbocycles. The maximum absolute atomic E-state index is 5.84. The molecule has 1 aromatic rings. The van der Waals surface area contributed by atoms with Crippen LogP contribution in [0.25, 0.3) is 0 Å². The molecule has 108 valence electrons. The molecule has 2 atom stereocenters. The molecule has 1 saturated heterocycles. The highest BCUT2D eigenvalue weighted by molar-refractivity contribution is 5.85. The lowest BCUT2D eigenvalue weighted by molar-refractivity contribution is 0.188. The van der Waals surface area contributed by atoms with Gasteiger partial charge in [0.1, 0.15) is 0 Å². The molecule has 0 amide bonds. The van der Waals surface area contributed by atoms with Crippen LogP contribution in [0.1, 0.15) is 56.8 Å². The Hall–Kier alpha value is -0.650. The first-order valence-electron chi connectivity index (χ1n) is 6.89. The van der Waals surface area contributed by atoms with Crippen molar-refractivity contribution >= 4 is 12.4 Å². The summed E-state index contributed by atoms with van der Waals surface area (Å²) in [6.45, 7) is 7.23. The second-order valence-corrected chi connectivity index (χ2v) is 6.18. The van der Waals surface area contributed by atoms with Gasteiger partial charge in [0.05, 0.1) is 6.04 Å². The van der Waals surface area contributed by atoms with E-state index in [1.807, 2.05) is 0 Å². The van der Waals surface area contributed by atoms with Gasteiger partial charge in [-0.3, -0.25) is 4.90 Å². The number of rotatable bonds is 4. The monoisotopic (exact) mass is 286 g/mol. The second-order valence-electron chi connectivity index (χ2n) is 6.18. The van der Waals surface area contributed by atoms with Gasteiger partial charge >= 0.3 is 0 Å². The van der Waals surface area contributed by atoms with Crippen molar-refractivity contribution in [3.05, 3.63) is 11.7 Å². The summed E-state index contributed by atoms with van der Waals surface area (Å²) in [6.07, 6.45) is 3.57. The minimum absolute atomic E-state index is 0. The van der Waals surface area contributed by atoms with E-state index >= 15 is 0 Å². The Bertz CT molecular complexity index is 434. The van der Waals surface area contributed by atoms with E-state index in [4.69, 9.17) is 10.3 Å². The highest BCUT2D eigenvalue weighted by Crippen LogP contribution is 2.39. The Morgan fingerprint density at radius 3 is 2.84 bits per heavy atom.